The molecule has 106 valence electrons. The lowest BCUT2D eigenvalue weighted by Crippen LogP contribution is -2.26. The molecule has 0 atom stereocenters. The van der Waals surface area contributed by atoms with E-state index < -0.39 is 5.41 Å². The number of carbonyl (C=O) groups excluding carboxylic acids is 2. The van der Waals surface area contributed by atoms with Crippen LogP contribution in [0.1, 0.15) is 29.8 Å². The van der Waals surface area contributed by atoms with Crippen LogP contribution in [-0.4, -0.2) is 11.8 Å². The Hall–Kier alpha value is -2.62. The van der Waals surface area contributed by atoms with Gasteiger partial charge in [0.1, 0.15) is 0 Å². The fraction of sp³-hybridized carbons (Fsp3) is 0.176. The van der Waals surface area contributed by atoms with E-state index in [9.17, 15) is 9.59 Å². The van der Waals surface area contributed by atoms with Crippen LogP contribution in [-0.2, 0) is 10.2 Å². The Morgan fingerprint density at radius 1 is 1.10 bits per heavy atom. The van der Waals surface area contributed by atoms with Gasteiger partial charge >= 0.3 is 0 Å². The molecule has 0 fully saturated rings. The van der Waals surface area contributed by atoms with Gasteiger partial charge in [-0.15, -0.1) is 0 Å². The van der Waals surface area contributed by atoms with E-state index in [-0.39, 0.29) is 11.8 Å². The minimum absolute atomic E-state index is 0.0240. The predicted octanol–water partition coefficient (Wildman–Crippen LogP) is 3.17. The highest BCUT2D eigenvalue weighted by molar-refractivity contribution is 6.08. The van der Waals surface area contributed by atoms with E-state index in [0.717, 1.165) is 11.3 Å². The van der Waals surface area contributed by atoms with Crippen LogP contribution in [0.5, 0.6) is 0 Å². The number of nitrogens with one attached hydrogen (secondary N) is 2. The van der Waals surface area contributed by atoms with Crippen LogP contribution in [0.2, 0.25) is 0 Å². The van der Waals surface area contributed by atoms with Crippen molar-refractivity contribution in [1.29, 1.82) is 0 Å². The third kappa shape index (κ3) is 2.29. The van der Waals surface area contributed by atoms with Gasteiger partial charge < -0.3 is 10.6 Å². The van der Waals surface area contributed by atoms with Gasteiger partial charge in [0.15, 0.2) is 0 Å². The summed E-state index contributed by atoms with van der Waals surface area (Å²) in [5.74, 6) is -0.192. The lowest BCUT2D eigenvalue weighted by molar-refractivity contribution is -0.119. The second kappa shape index (κ2) is 4.74. The van der Waals surface area contributed by atoms with Crippen LogP contribution in [0.4, 0.5) is 11.4 Å². The minimum Gasteiger partial charge on any atom is -0.325 e. The molecule has 0 radical (unpaired) electrons. The van der Waals surface area contributed by atoms with Crippen molar-refractivity contribution in [2.24, 2.45) is 0 Å². The second-order valence-corrected chi connectivity index (χ2v) is 5.66. The number of rotatable bonds is 2. The lowest BCUT2D eigenvalue weighted by Gasteiger charge is -2.15. The maximum Gasteiger partial charge on any atom is 0.255 e. The van der Waals surface area contributed by atoms with Crippen LogP contribution in [0.25, 0.3) is 0 Å². The topological polar surface area (TPSA) is 58.2 Å². The summed E-state index contributed by atoms with van der Waals surface area (Å²) in [5.41, 5.74) is 2.45. The molecule has 0 saturated heterocycles. The second-order valence-electron chi connectivity index (χ2n) is 5.66. The van der Waals surface area contributed by atoms with Gasteiger partial charge in [-0.05, 0) is 43.7 Å². The van der Waals surface area contributed by atoms with Gasteiger partial charge in [-0.3, -0.25) is 9.59 Å². The first-order valence-corrected chi connectivity index (χ1v) is 6.81. The zero-order chi connectivity index (χ0) is 15.0. The molecule has 0 unspecified atom stereocenters. The van der Waals surface area contributed by atoms with Crippen molar-refractivity contribution < 1.29 is 9.59 Å². The van der Waals surface area contributed by atoms with Crippen molar-refractivity contribution in [3.63, 3.8) is 0 Å². The number of benzene rings is 2. The van der Waals surface area contributed by atoms with Crippen molar-refractivity contribution in [2.75, 3.05) is 10.6 Å². The predicted molar refractivity (Wildman–Crippen MR) is 82.5 cm³/mol. The van der Waals surface area contributed by atoms with Gasteiger partial charge in [-0.1, -0.05) is 24.3 Å². The van der Waals surface area contributed by atoms with Gasteiger partial charge in [0, 0.05) is 16.9 Å². The molecule has 1 aliphatic heterocycles. The number of fused-ring (bicyclic) bond motifs is 1. The number of hydrogen-bond acceptors (Lipinski definition) is 2. The van der Waals surface area contributed by atoms with Crippen LogP contribution in [0.3, 0.4) is 0 Å². The highest BCUT2D eigenvalue weighted by Gasteiger charge is 2.38. The molecule has 2 amide bonds. The van der Waals surface area contributed by atoms with Gasteiger partial charge in [-0.2, -0.15) is 0 Å². The number of hydrogen-bond donors (Lipinski definition) is 2. The summed E-state index contributed by atoms with van der Waals surface area (Å²) in [4.78, 5) is 24.0. The summed E-state index contributed by atoms with van der Waals surface area (Å²) in [6.45, 7) is 3.77. The molecule has 4 nitrogen and oxygen atoms in total. The van der Waals surface area contributed by atoms with Crippen LogP contribution < -0.4 is 10.6 Å². The molecule has 21 heavy (non-hydrogen) atoms. The summed E-state index contributed by atoms with van der Waals surface area (Å²) in [6, 6.07) is 14.5. The average Bonchev–Trinajstić information content (AvgIpc) is 2.69. The molecule has 1 heterocycles. The normalized spacial score (nSPS) is 15.2. The fourth-order valence-corrected chi connectivity index (χ4v) is 2.46. The Bertz CT molecular complexity index is 721. The summed E-state index contributed by atoms with van der Waals surface area (Å²) in [5, 5.41) is 5.69. The van der Waals surface area contributed by atoms with E-state index in [0.29, 0.717) is 11.3 Å². The van der Waals surface area contributed by atoms with E-state index in [1.807, 2.05) is 44.2 Å². The Balaban J connectivity index is 1.85. The van der Waals surface area contributed by atoms with Crippen molar-refractivity contribution in [1.82, 2.24) is 0 Å². The van der Waals surface area contributed by atoms with Crippen LogP contribution >= 0.6 is 0 Å². The Morgan fingerprint density at radius 2 is 1.81 bits per heavy atom. The van der Waals surface area contributed by atoms with Crippen LogP contribution in [0, 0.1) is 0 Å². The first kappa shape index (κ1) is 13.4. The SMILES string of the molecule is CC1(C)C(=O)Nc2cc(NC(=O)c3ccccc3)ccc21. The van der Waals surface area contributed by atoms with E-state index in [1.165, 1.54) is 0 Å². The summed E-state index contributed by atoms with van der Waals surface area (Å²) in [6.07, 6.45) is 0. The zero-order valence-electron chi connectivity index (χ0n) is 11.9. The third-order valence-corrected chi connectivity index (χ3v) is 3.80. The van der Waals surface area contributed by atoms with E-state index >= 15 is 0 Å². The first-order chi connectivity index (χ1) is 9.98. The van der Waals surface area contributed by atoms with Gasteiger partial charge in [0.2, 0.25) is 5.91 Å². The minimum atomic E-state index is -0.530. The summed E-state index contributed by atoms with van der Waals surface area (Å²) in [7, 11) is 0. The van der Waals surface area contributed by atoms with Crippen molar-refractivity contribution in [3.8, 4) is 0 Å². The molecule has 2 aromatic rings. The molecule has 2 aromatic carbocycles. The van der Waals surface area contributed by atoms with Gasteiger partial charge in [-0.25, -0.2) is 0 Å². The van der Waals surface area contributed by atoms with Gasteiger partial charge in [0.25, 0.3) is 5.91 Å². The number of anilines is 2. The first-order valence-electron chi connectivity index (χ1n) is 6.81. The molecular formula is C17H16N2O2. The molecule has 0 aromatic heterocycles. The molecule has 4 heteroatoms. The molecule has 1 aliphatic rings. The smallest absolute Gasteiger partial charge is 0.255 e. The monoisotopic (exact) mass is 280 g/mol. The average molecular weight is 280 g/mol. The third-order valence-electron chi connectivity index (χ3n) is 3.80. The maximum atomic E-state index is 12.1. The number of carbonyl (C=O) groups is 2. The maximum absolute atomic E-state index is 12.1. The molecular weight excluding hydrogens is 264 g/mol. The highest BCUT2D eigenvalue weighted by Crippen LogP contribution is 2.38. The van der Waals surface area contributed by atoms with Crippen molar-refractivity contribution in [2.45, 2.75) is 19.3 Å². The quantitative estimate of drug-likeness (QED) is 0.887. The van der Waals surface area contributed by atoms with Crippen LogP contribution in [0.15, 0.2) is 48.5 Å². The summed E-state index contributed by atoms with van der Waals surface area (Å²) >= 11 is 0. The molecule has 0 bridgehead atoms. The Kier molecular flexibility index (Phi) is 3.01. The van der Waals surface area contributed by atoms with E-state index in [4.69, 9.17) is 0 Å². The van der Waals surface area contributed by atoms with Crippen molar-refractivity contribution >= 4 is 23.2 Å². The van der Waals surface area contributed by atoms with E-state index in [1.54, 1.807) is 18.2 Å². The highest BCUT2D eigenvalue weighted by atomic mass is 16.2. The Labute approximate surface area is 123 Å². The van der Waals surface area contributed by atoms with Gasteiger partial charge in [0.05, 0.1) is 5.41 Å². The number of amides is 2. The fourth-order valence-electron chi connectivity index (χ4n) is 2.46. The standard InChI is InChI=1S/C17H16N2O2/c1-17(2)13-9-8-12(10-14(13)19-16(17)21)18-15(20)11-6-4-3-5-7-11/h3-10H,1-2H3,(H,18,20)(H,19,21). The molecule has 3 rings (SSSR count). The van der Waals surface area contributed by atoms with Crippen molar-refractivity contribution in [3.05, 3.63) is 59.7 Å². The molecule has 2 N–H and O–H groups in total. The van der Waals surface area contributed by atoms with E-state index in [2.05, 4.69) is 10.6 Å². The lowest BCUT2D eigenvalue weighted by atomic mass is 9.86. The zero-order valence-corrected chi connectivity index (χ0v) is 11.9. The molecule has 0 spiro atoms. The Morgan fingerprint density at radius 3 is 2.52 bits per heavy atom. The molecule has 0 aliphatic carbocycles. The largest absolute Gasteiger partial charge is 0.325 e. The summed E-state index contributed by atoms with van der Waals surface area (Å²) < 4.78 is 0. The molecule has 0 saturated carbocycles.